The Morgan fingerprint density at radius 3 is 2.49 bits per heavy atom. The van der Waals surface area contributed by atoms with Crippen LogP contribution in [0.3, 0.4) is 0 Å². The number of nitrogens with zero attached hydrogens (tertiary/aromatic N) is 3. The number of rotatable bonds is 10. The summed E-state index contributed by atoms with van der Waals surface area (Å²) in [5.41, 5.74) is 6.63. The number of esters is 1. The first-order valence-corrected chi connectivity index (χ1v) is 15.0. The second kappa shape index (κ2) is 11.4. The van der Waals surface area contributed by atoms with Gasteiger partial charge in [0.25, 0.3) is 0 Å². The number of anilines is 1. The summed E-state index contributed by atoms with van der Waals surface area (Å²) in [5, 5.41) is 1.02. The minimum atomic E-state index is -1.30. The molecule has 0 radical (unpaired) electrons. The molecule has 1 aliphatic heterocycles. The lowest BCUT2D eigenvalue weighted by atomic mass is 9.80. The van der Waals surface area contributed by atoms with Crippen LogP contribution in [0.1, 0.15) is 64.8 Å². The largest absolute Gasteiger partial charge is 0.488 e. The molecule has 0 bridgehead atoms. The third kappa shape index (κ3) is 4.58. The molecule has 6 nitrogen and oxygen atoms in total. The highest BCUT2D eigenvalue weighted by Gasteiger charge is 2.54. The van der Waals surface area contributed by atoms with Crippen molar-refractivity contribution in [2.75, 3.05) is 18.0 Å². The number of carbonyl (C=O) groups excluding carboxylic acids is 1. The Hall–Kier alpha value is -4.84. The molecule has 0 saturated heterocycles. The van der Waals surface area contributed by atoms with Crippen molar-refractivity contribution >= 4 is 28.6 Å². The maximum atomic E-state index is 13.6. The monoisotopic (exact) mass is 571 g/mol. The standard InChI is InChI=1S/C37H37N3O3/c1-6-26-16-18-27(19-17-26)24-42-33-23-28(39(7-2)8-3)20-21-31(33)37(35-30(36(41)43-37)14-12-22-38-35)34-25(5)40(9-4)32-15-11-10-13-29(32)34/h6,10-23H,1,7-9,24H2,2-5H3. The van der Waals surface area contributed by atoms with Crippen LogP contribution < -0.4 is 9.64 Å². The molecule has 0 fully saturated rings. The lowest BCUT2D eigenvalue weighted by molar-refractivity contribution is 0.0236. The first kappa shape index (κ1) is 28.3. The number of para-hydroxylation sites is 1. The van der Waals surface area contributed by atoms with Crippen molar-refractivity contribution in [2.45, 2.75) is 46.4 Å². The number of aromatic nitrogens is 2. The van der Waals surface area contributed by atoms with Gasteiger partial charge in [-0.25, -0.2) is 4.79 Å². The summed E-state index contributed by atoms with van der Waals surface area (Å²) in [5.74, 6) is 0.255. The smallest absolute Gasteiger partial charge is 0.341 e. The molecule has 3 heterocycles. The van der Waals surface area contributed by atoms with Gasteiger partial charge >= 0.3 is 5.97 Å². The number of fused-ring (bicyclic) bond motifs is 2. The van der Waals surface area contributed by atoms with Crippen LogP contribution in [-0.4, -0.2) is 28.6 Å². The summed E-state index contributed by atoms with van der Waals surface area (Å²) in [6.45, 7) is 15.2. The Morgan fingerprint density at radius 2 is 1.77 bits per heavy atom. The van der Waals surface area contributed by atoms with Crippen LogP contribution in [0.25, 0.3) is 17.0 Å². The number of hydrogen-bond donors (Lipinski definition) is 0. The van der Waals surface area contributed by atoms with Crippen LogP contribution in [0.5, 0.6) is 5.75 Å². The van der Waals surface area contributed by atoms with Crippen LogP contribution in [0.4, 0.5) is 5.69 Å². The van der Waals surface area contributed by atoms with Crippen molar-refractivity contribution in [1.29, 1.82) is 0 Å². The van der Waals surface area contributed by atoms with Crippen molar-refractivity contribution in [2.24, 2.45) is 0 Å². The molecule has 1 aliphatic rings. The second-order valence-corrected chi connectivity index (χ2v) is 10.8. The third-order valence-corrected chi connectivity index (χ3v) is 8.59. The molecule has 1 unspecified atom stereocenters. The molecule has 6 rings (SSSR count). The van der Waals surface area contributed by atoms with E-state index in [9.17, 15) is 4.79 Å². The molecule has 0 saturated carbocycles. The van der Waals surface area contributed by atoms with Crippen LogP contribution in [0.15, 0.2) is 91.6 Å². The summed E-state index contributed by atoms with van der Waals surface area (Å²) < 4.78 is 15.6. The molecule has 2 aromatic heterocycles. The first-order chi connectivity index (χ1) is 21.0. The van der Waals surface area contributed by atoms with E-state index in [4.69, 9.17) is 14.5 Å². The zero-order valence-corrected chi connectivity index (χ0v) is 25.3. The second-order valence-electron chi connectivity index (χ2n) is 10.8. The zero-order valence-electron chi connectivity index (χ0n) is 25.3. The van der Waals surface area contributed by atoms with Crippen LogP contribution in [-0.2, 0) is 23.5 Å². The van der Waals surface area contributed by atoms with Crippen LogP contribution in [0.2, 0.25) is 0 Å². The minimum Gasteiger partial charge on any atom is -0.488 e. The summed E-state index contributed by atoms with van der Waals surface area (Å²) in [6.07, 6.45) is 3.56. The Bertz CT molecular complexity index is 1820. The van der Waals surface area contributed by atoms with Crippen molar-refractivity contribution in [3.8, 4) is 5.75 Å². The number of aryl methyl sites for hydroxylation is 1. The summed E-state index contributed by atoms with van der Waals surface area (Å²) >= 11 is 0. The Labute approximate surface area is 253 Å². The lowest BCUT2D eigenvalue weighted by Crippen LogP contribution is -2.32. The highest BCUT2D eigenvalue weighted by molar-refractivity contribution is 5.98. The molecule has 5 aromatic rings. The van der Waals surface area contributed by atoms with Gasteiger partial charge in [0, 0.05) is 65.3 Å². The van der Waals surface area contributed by atoms with Gasteiger partial charge in [0.15, 0.2) is 0 Å². The van der Waals surface area contributed by atoms with Crippen molar-refractivity contribution in [3.63, 3.8) is 0 Å². The average Bonchev–Trinajstić information content (AvgIpc) is 3.51. The van der Waals surface area contributed by atoms with Crippen molar-refractivity contribution in [3.05, 3.63) is 131 Å². The Kier molecular flexibility index (Phi) is 7.53. The van der Waals surface area contributed by atoms with Gasteiger partial charge in [0.2, 0.25) is 5.60 Å². The van der Waals surface area contributed by atoms with Crippen molar-refractivity contribution < 1.29 is 14.3 Å². The number of benzene rings is 3. The summed E-state index contributed by atoms with van der Waals surface area (Å²) in [7, 11) is 0. The molecular weight excluding hydrogens is 534 g/mol. The normalized spacial score (nSPS) is 15.8. The SMILES string of the molecule is C=Cc1ccc(COc2cc(N(CC)CC)ccc2C2(c3c(C)n(CC)c4ccccc34)OC(=O)c3cccnc32)cc1. The van der Waals surface area contributed by atoms with E-state index >= 15 is 0 Å². The van der Waals surface area contributed by atoms with Gasteiger partial charge in [-0.1, -0.05) is 55.1 Å². The fourth-order valence-electron chi connectivity index (χ4n) is 6.48. The van der Waals surface area contributed by atoms with E-state index in [1.807, 2.05) is 42.5 Å². The molecule has 0 amide bonds. The van der Waals surface area contributed by atoms with E-state index in [1.165, 1.54) is 0 Å². The van der Waals surface area contributed by atoms with E-state index < -0.39 is 11.6 Å². The topological polar surface area (TPSA) is 56.6 Å². The van der Waals surface area contributed by atoms with E-state index in [1.54, 1.807) is 18.3 Å². The van der Waals surface area contributed by atoms with E-state index in [2.05, 4.69) is 74.1 Å². The van der Waals surface area contributed by atoms with Gasteiger partial charge in [-0.3, -0.25) is 4.98 Å². The first-order valence-electron chi connectivity index (χ1n) is 15.0. The molecule has 1 atom stereocenters. The number of ether oxygens (including phenoxy) is 2. The van der Waals surface area contributed by atoms with Crippen molar-refractivity contribution in [1.82, 2.24) is 9.55 Å². The molecule has 0 N–H and O–H groups in total. The fourth-order valence-corrected chi connectivity index (χ4v) is 6.48. The lowest BCUT2D eigenvalue weighted by Gasteiger charge is -2.32. The molecule has 6 heteroatoms. The maximum absolute atomic E-state index is 13.6. The Morgan fingerprint density at radius 1 is 1.00 bits per heavy atom. The molecule has 43 heavy (non-hydrogen) atoms. The molecule has 218 valence electrons. The minimum absolute atomic E-state index is 0.348. The molecular formula is C37H37N3O3. The predicted octanol–water partition coefficient (Wildman–Crippen LogP) is 7.90. The van der Waals surface area contributed by atoms with E-state index in [0.29, 0.717) is 23.6 Å². The van der Waals surface area contributed by atoms with Crippen LogP contribution in [0, 0.1) is 6.92 Å². The van der Waals surface area contributed by atoms with Gasteiger partial charge in [0.1, 0.15) is 18.1 Å². The predicted molar refractivity (Wildman–Crippen MR) is 173 cm³/mol. The number of hydrogen-bond acceptors (Lipinski definition) is 5. The summed E-state index contributed by atoms with van der Waals surface area (Å²) in [6, 6.07) is 26.3. The van der Waals surface area contributed by atoms with Crippen LogP contribution >= 0.6 is 0 Å². The van der Waals surface area contributed by atoms with E-state index in [-0.39, 0.29) is 0 Å². The quantitative estimate of drug-likeness (QED) is 0.160. The molecule has 0 spiro atoms. The molecule has 0 aliphatic carbocycles. The highest BCUT2D eigenvalue weighted by atomic mass is 16.6. The average molecular weight is 572 g/mol. The van der Waals surface area contributed by atoms with E-state index in [0.717, 1.165) is 64.2 Å². The maximum Gasteiger partial charge on any atom is 0.341 e. The van der Waals surface area contributed by atoms with Gasteiger partial charge in [0.05, 0.1) is 5.56 Å². The number of cyclic esters (lactones) is 1. The number of pyridine rings is 1. The fraction of sp³-hybridized carbons (Fsp3) is 0.243. The highest BCUT2D eigenvalue weighted by Crippen LogP contribution is 2.53. The van der Waals surface area contributed by atoms with Gasteiger partial charge in [-0.05, 0) is 69.2 Å². The van der Waals surface area contributed by atoms with Gasteiger partial charge in [-0.2, -0.15) is 0 Å². The third-order valence-electron chi connectivity index (χ3n) is 8.59. The zero-order chi connectivity index (χ0) is 30.1. The Balaban J connectivity index is 1.63. The van der Waals surface area contributed by atoms with Gasteiger partial charge < -0.3 is 18.9 Å². The molecule has 3 aromatic carbocycles. The number of carbonyl (C=O) groups is 1. The van der Waals surface area contributed by atoms with Gasteiger partial charge in [-0.15, -0.1) is 0 Å². The summed E-state index contributed by atoms with van der Waals surface area (Å²) in [4.78, 5) is 20.8.